The minimum atomic E-state index is 0.112. The Kier molecular flexibility index (Phi) is 3.76. The second kappa shape index (κ2) is 5.70. The number of Topliss-reactive ketones (excluding diaryl/α,β-unsaturated/α-hetero) is 1. The van der Waals surface area contributed by atoms with Crippen LogP contribution in [-0.2, 0) is 6.42 Å². The average molecular weight is 296 g/mol. The van der Waals surface area contributed by atoms with Crippen molar-refractivity contribution in [2.45, 2.75) is 13.3 Å². The van der Waals surface area contributed by atoms with Gasteiger partial charge in [-0.2, -0.15) is 0 Å². The maximum Gasteiger partial charge on any atom is 0.161 e. The van der Waals surface area contributed by atoms with Crippen LogP contribution in [0.15, 0.2) is 48.5 Å². The summed E-state index contributed by atoms with van der Waals surface area (Å²) < 4.78 is 6.48. The van der Waals surface area contributed by atoms with E-state index >= 15 is 0 Å². The van der Waals surface area contributed by atoms with Crippen molar-refractivity contribution >= 4 is 27.2 Å². The van der Waals surface area contributed by atoms with Gasteiger partial charge in [-0.3, -0.25) is 4.79 Å². The molecule has 0 aliphatic carbocycles. The molecule has 0 radical (unpaired) electrons. The molecule has 21 heavy (non-hydrogen) atoms. The Morgan fingerprint density at radius 3 is 2.52 bits per heavy atom. The summed E-state index contributed by atoms with van der Waals surface area (Å²) in [6.07, 6.45) is 0.776. The lowest BCUT2D eigenvalue weighted by molar-refractivity contribution is 0.101. The maximum absolute atomic E-state index is 12.1. The number of hydrogen-bond donors (Lipinski definition) is 0. The van der Waals surface area contributed by atoms with Gasteiger partial charge in [0.2, 0.25) is 0 Å². The summed E-state index contributed by atoms with van der Waals surface area (Å²) in [6, 6.07) is 16.1. The molecule has 0 saturated heterocycles. The highest BCUT2D eigenvalue weighted by molar-refractivity contribution is 7.20. The first-order chi connectivity index (χ1) is 10.2. The molecule has 0 N–H and O–H groups in total. The van der Waals surface area contributed by atoms with Gasteiger partial charge in [-0.05, 0) is 18.6 Å². The molecule has 0 saturated carbocycles. The molecule has 3 heteroatoms. The normalized spacial score (nSPS) is 10.8. The Balaban J connectivity index is 2.17. The second-order valence-corrected chi connectivity index (χ2v) is 6.06. The molecule has 106 valence electrons. The maximum atomic E-state index is 12.1. The number of fused-ring (bicyclic) bond motifs is 1. The van der Waals surface area contributed by atoms with Crippen LogP contribution in [0.5, 0.6) is 5.75 Å². The third-order valence-electron chi connectivity index (χ3n) is 3.53. The van der Waals surface area contributed by atoms with E-state index in [1.165, 1.54) is 5.56 Å². The summed E-state index contributed by atoms with van der Waals surface area (Å²) in [6.45, 7) is 1.63. The Morgan fingerprint density at radius 1 is 1.10 bits per heavy atom. The van der Waals surface area contributed by atoms with Gasteiger partial charge >= 0.3 is 0 Å². The van der Waals surface area contributed by atoms with Crippen molar-refractivity contribution in [3.63, 3.8) is 0 Å². The Morgan fingerprint density at radius 2 is 1.86 bits per heavy atom. The van der Waals surface area contributed by atoms with Crippen molar-refractivity contribution in [1.29, 1.82) is 0 Å². The number of thiophene rings is 1. The summed E-state index contributed by atoms with van der Waals surface area (Å²) in [5.41, 5.74) is 2.04. The lowest BCUT2D eigenvalue weighted by Crippen LogP contribution is -1.96. The van der Waals surface area contributed by atoms with Gasteiger partial charge in [0.25, 0.3) is 0 Å². The van der Waals surface area contributed by atoms with E-state index in [1.807, 2.05) is 36.4 Å². The van der Waals surface area contributed by atoms with Gasteiger partial charge in [-0.15, -0.1) is 11.3 Å². The van der Waals surface area contributed by atoms with Crippen LogP contribution in [0.3, 0.4) is 0 Å². The molecule has 2 nitrogen and oxygen atoms in total. The van der Waals surface area contributed by atoms with E-state index in [0.29, 0.717) is 0 Å². The molecule has 0 unspecified atom stereocenters. The van der Waals surface area contributed by atoms with E-state index in [-0.39, 0.29) is 5.78 Å². The third-order valence-corrected chi connectivity index (χ3v) is 4.75. The van der Waals surface area contributed by atoms with Crippen molar-refractivity contribution in [3.05, 3.63) is 64.5 Å². The van der Waals surface area contributed by atoms with E-state index in [0.717, 1.165) is 32.7 Å². The Bertz CT molecular complexity index is 788. The lowest BCUT2D eigenvalue weighted by Gasteiger charge is -2.02. The van der Waals surface area contributed by atoms with Crippen molar-refractivity contribution in [1.82, 2.24) is 0 Å². The highest BCUT2D eigenvalue weighted by Gasteiger charge is 2.18. The molecule has 3 aromatic rings. The van der Waals surface area contributed by atoms with Crippen molar-refractivity contribution in [2.24, 2.45) is 0 Å². The molecule has 0 fully saturated rings. The molecular formula is C18H16O2S. The molecule has 2 aromatic carbocycles. The van der Waals surface area contributed by atoms with Crippen LogP contribution < -0.4 is 4.74 Å². The van der Waals surface area contributed by atoms with Gasteiger partial charge in [0.05, 0.1) is 11.8 Å². The molecule has 3 rings (SSSR count). The molecule has 0 amide bonds. The fourth-order valence-electron chi connectivity index (χ4n) is 2.59. The Labute approximate surface area is 128 Å². The predicted molar refractivity (Wildman–Crippen MR) is 87.6 cm³/mol. The van der Waals surface area contributed by atoms with Crippen LogP contribution in [0.25, 0.3) is 10.1 Å². The summed E-state index contributed by atoms with van der Waals surface area (Å²) in [5.74, 6) is 0.944. The van der Waals surface area contributed by atoms with E-state index in [9.17, 15) is 4.79 Å². The lowest BCUT2D eigenvalue weighted by atomic mass is 10.0. The summed E-state index contributed by atoms with van der Waals surface area (Å²) >= 11 is 1.65. The number of benzene rings is 2. The second-order valence-electron chi connectivity index (χ2n) is 4.96. The molecule has 0 atom stereocenters. The van der Waals surface area contributed by atoms with Crippen LogP contribution >= 0.6 is 11.3 Å². The SMILES string of the molecule is COc1cccc2c(C(C)=O)c(Cc3ccccc3)sc12. The third kappa shape index (κ3) is 2.57. The summed E-state index contributed by atoms with van der Waals surface area (Å²) in [4.78, 5) is 13.2. The molecule has 1 heterocycles. The molecular weight excluding hydrogens is 280 g/mol. The van der Waals surface area contributed by atoms with Gasteiger partial charge in [0, 0.05) is 22.2 Å². The fraction of sp³-hybridized carbons (Fsp3) is 0.167. The van der Waals surface area contributed by atoms with Gasteiger partial charge in [-0.25, -0.2) is 0 Å². The number of methoxy groups -OCH3 is 1. The molecule has 1 aromatic heterocycles. The van der Waals surface area contributed by atoms with E-state index < -0.39 is 0 Å². The number of ketones is 1. The van der Waals surface area contributed by atoms with Crippen molar-refractivity contribution < 1.29 is 9.53 Å². The van der Waals surface area contributed by atoms with Gasteiger partial charge < -0.3 is 4.74 Å². The van der Waals surface area contributed by atoms with Crippen LogP contribution in [0.1, 0.15) is 27.7 Å². The first kappa shape index (κ1) is 13.8. The summed E-state index contributed by atoms with van der Waals surface area (Å²) in [7, 11) is 1.67. The predicted octanol–water partition coefficient (Wildman–Crippen LogP) is 4.70. The Hall–Kier alpha value is -2.13. The van der Waals surface area contributed by atoms with Crippen LogP contribution in [0, 0.1) is 0 Å². The van der Waals surface area contributed by atoms with Gasteiger partial charge in [0.1, 0.15) is 5.75 Å². The number of carbonyl (C=O) groups is 1. The molecule has 0 spiro atoms. The zero-order chi connectivity index (χ0) is 14.8. The average Bonchev–Trinajstić information content (AvgIpc) is 2.86. The molecule has 0 bridgehead atoms. The standard InChI is InChI=1S/C18H16O2S/c1-12(19)17-14-9-6-10-15(20-2)18(14)21-16(17)11-13-7-4-3-5-8-13/h3-10H,11H2,1-2H3. The quantitative estimate of drug-likeness (QED) is 0.652. The zero-order valence-corrected chi connectivity index (χ0v) is 12.9. The van der Waals surface area contributed by atoms with Crippen LogP contribution in [-0.4, -0.2) is 12.9 Å². The summed E-state index contributed by atoms with van der Waals surface area (Å²) in [5, 5.41) is 0.998. The van der Waals surface area contributed by atoms with E-state index in [2.05, 4.69) is 12.1 Å². The number of ether oxygens (including phenoxy) is 1. The van der Waals surface area contributed by atoms with Crippen molar-refractivity contribution in [2.75, 3.05) is 7.11 Å². The highest BCUT2D eigenvalue weighted by atomic mass is 32.1. The van der Waals surface area contributed by atoms with Gasteiger partial charge in [-0.1, -0.05) is 42.5 Å². The van der Waals surface area contributed by atoms with Crippen molar-refractivity contribution in [3.8, 4) is 5.75 Å². The smallest absolute Gasteiger partial charge is 0.161 e. The van der Waals surface area contributed by atoms with Gasteiger partial charge in [0.15, 0.2) is 5.78 Å². The fourth-order valence-corrected chi connectivity index (χ4v) is 3.97. The minimum Gasteiger partial charge on any atom is -0.495 e. The first-order valence-corrected chi connectivity index (χ1v) is 7.65. The van der Waals surface area contributed by atoms with E-state index in [4.69, 9.17) is 4.74 Å². The molecule has 0 aliphatic rings. The van der Waals surface area contributed by atoms with Crippen LogP contribution in [0.4, 0.5) is 0 Å². The zero-order valence-electron chi connectivity index (χ0n) is 12.1. The number of rotatable bonds is 4. The largest absolute Gasteiger partial charge is 0.495 e. The topological polar surface area (TPSA) is 26.3 Å². The minimum absolute atomic E-state index is 0.112. The van der Waals surface area contributed by atoms with E-state index in [1.54, 1.807) is 25.4 Å². The monoisotopic (exact) mass is 296 g/mol. The van der Waals surface area contributed by atoms with Crippen LogP contribution in [0.2, 0.25) is 0 Å². The molecule has 0 aliphatic heterocycles. The first-order valence-electron chi connectivity index (χ1n) is 6.84. The highest BCUT2D eigenvalue weighted by Crippen LogP contribution is 2.38. The number of hydrogen-bond acceptors (Lipinski definition) is 3. The number of carbonyl (C=O) groups excluding carboxylic acids is 1.